The molecule has 0 saturated heterocycles. The number of nitrogens with zero attached hydrogens (tertiary/aromatic N) is 3. The van der Waals surface area contributed by atoms with E-state index in [0.717, 1.165) is 11.9 Å². The van der Waals surface area contributed by atoms with Crippen molar-refractivity contribution in [3.05, 3.63) is 0 Å². The monoisotopic (exact) mass is 345 g/mol. The third-order valence-corrected chi connectivity index (χ3v) is 4.50. The summed E-state index contributed by atoms with van der Waals surface area (Å²) in [4.78, 5) is 28.8. The van der Waals surface area contributed by atoms with E-state index in [9.17, 15) is 9.59 Å². The van der Waals surface area contributed by atoms with Crippen molar-refractivity contribution in [1.82, 2.24) is 4.31 Å². The van der Waals surface area contributed by atoms with Gasteiger partial charge < -0.3 is 0 Å². The van der Waals surface area contributed by atoms with E-state index in [1.54, 1.807) is 20.8 Å². The van der Waals surface area contributed by atoms with Gasteiger partial charge in [-0.25, -0.2) is 4.79 Å². The predicted octanol–water partition coefficient (Wildman–Crippen LogP) is 3.69. The summed E-state index contributed by atoms with van der Waals surface area (Å²) in [5.74, 6) is 0.553. The molecule has 0 fully saturated rings. The van der Waals surface area contributed by atoms with Gasteiger partial charge in [0.25, 0.3) is 0 Å². The summed E-state index contributed by atoms with van der Waals surface area (Å²) in [6.45, 7) is 8.91. The molecule has 0 spiro atoms. The summed E-state index contributed by atoms with van der Waals surface area (Å²) >= 11 is 2.46. The number of carbonyl (C=O) groups is 2. The molecule has 0 aromatic rings. The number of rotatable bonds is 7. The number of nitriles is 1. The molecule has 0 bridgehead atoms. The average molecular weight is 345 g/mol. The molecule has 0 aromatic heterocycles. The summed E-state index contributed by atoms with van der Waals surface area (Å²) in [5.41, 5.74) is 0. The van der Waals surface area contributed by atoms with E-state index in [0.29, 0.717) is 17.2 Å². The van der Waals surface area contributed by atoms with Gasteiger partial charge in [0.15, 0.2) is 5.78 Å². The molecule has 124 valence electrons. The van der Waals surface area contributed by atoms with Crippen LogP contribution in [-0.4, -0.2) is 38.8 Å². The van der Waals surface area contributed by atoms with E-state index in [2.05, 4.69) is 5.16 Å². The first-order valence-corrected chi connectivity index (χ1v) is 8.60. The molecule has 22 heavy (non-hydrogen) atoms. The molecular formula is C14H23N3O3S2. The second-order valence-corrected chi connectivity index (χ2v) is 8.38. The van der Waals surface area contributed by atoms with E-state index in [-0.39, 0.29) is 11.7 Å². The van der Waals surface area contributed by atoms with Crippen LogP contribution in [0.25, 0.3) is 0 Å². The lowest BCUT2D eigenvalue weighted by atomic mass is 9.98. The van der Waals surface area contributed by atoms with Crippen LogP contribution in [0.1, 0.15) is 41.0 Å². The smallest absolute Gasteiger partial charge is 0.298 e. The molecule has 0 rings (SSSR count). The Bertz CT molecular complexity index is 470. The number of carbonyl (C=O) groups excluding carboxylic acids is 2. The molecule has 0 heterocycles. The Labute approximate surface area is 140 Å². The fourth-order valence-corrected chi connectivity index (χ4v) is 3.25. The van der Waals surface area contributed by atoms with Crippen molar-refractivity contribution in [3.8, 4) is 6.07 Å². The fourth-order valence-electron chi connectivity index (χ4n) is 1.55. The molecule has 0 aliphatic rings. The van der Waals surface area contributed by atoms with Gasteiger partial charge in [0, 0.05) is 25.1 Å². The van der Waals surface area contributed by atoms with Crippen LogP contribution in [0, 0.1) is 17.2 Å². The fraction of sp³-hybridized carbons (Fsp3) is 0.714. The number of thioether (sulfide) groups is 1. The number of amides is 1. The zero-order valence-electron chi connectivity index (χ0n) is 13.9. The summed E-state index contributed by atoms with van der Waals surface area (Å²) in [6.07, 6.45) is -0.234. The van der Waals surface area contributed by atoms with Crippen LogP contribution in [0.4, 0.5) is 4.79 Å². The van der Waals surface area contributed by atoms with Crippen LogP contribution >= 0.6 is 23.7 Å². The highest BCUT2D eigenvalue weighted by atomic mass is 32.2. The van der Waals surface area contributed by atoms with E-state index in [1.165, 1.54) is 23.1 Å². The van der Waals surface area contributed by atoms with Gasteiger partial charge in [-0.2, -0.15) is 5.26 Å². The number of ketones is 1. The van der Waals surface area contributed by atoms with Gasteiger partial charge in [0.05, 0.1) is 10.8 Å². The highest BCUT2D eigenvalue weighted by Crippen LogP contribution is 2.30. The van der Waals surface area contributed by atoms with Gasteiger partial charge >= 0.3 is 6.09 Å². The van der Waals surface area contributed by atoms with Gasteiger partial charge in [0.1, 0.15) is 5.04 Å². The maximum absolute atomic E-state index is 12.1. The summed E-state index contributed by atoms with van der Waals surface area (Å²) in [5, 5.41) is 12.7. The summed E-state index contributed by atoms with van der Waals surface area (Å²) < 4.78 is 0.541. The number of hydrogen-bond acceptors (Lipinski definition) is 7. The Morgan fingerprint density at radius 3 is 2.50 bits per heavy atom. The van der Waals surface area contributed by atoms with E-state index < -0.39 is 10.8 Å². The first-order valence-electron chi connectivity index (χ1n) is 6.84. The maximum atomic E-state index is 12.1. The number of hydrogen-bond donors (Lipinski definition) is 0. The van der Waals surface area contributed by atoms with Crippen molar-refractivity contribution in [3.63, 3.8) is 0 Å². The second kappa shape index (κ2) is 9.74. The lowest BCUT2D eigenvalue weighted by Gasteiger charge is -2.28. The minimum absolute atomic E-state index is 0.0592. The molecule has 0 aromatic carbocycles. The normalized spacial score (nSPS) is 12.0. The number of Topliss-reactive ketones (excluding diaryl/α,β-unsaturated/α-hetero) is 1. The molecule has 0 aliphatic carbocycles. The quantitative estimate of drug-likeness (QED) is 0.175. The molecule has 0 saturated carbocycles. The van der Waals surface area contributed by atoms with Gasteiger partial charge in [0.2, 0.25) is 0 Å². The molecule has 6 nitrogen and oxygen atoms in total. The third kappa shape index (κ3) is 7.71. The largest absolute Gasteiger partial charge is 0.445 e. The van der Waals surface area contributed by atoms with Crippen molar-refractivity contribution in [1.29, 1.82) is 5.26 Å². The molecule has 0 N–H and O–H groups in total. The Hall–Kier alpha value is -1.20. The maximum Gasteiger partial charge on any atom is 0.445 e. The third-order valence-electron chi connectivity index (χ3n) is 2.52. The Balaban J connectivity index is 4.47. The highest BCUT2D eigenvalue weighted by Gasteiger charge is 2.33. The lowest BCUT2D eigenvalue weighted by molar-refractivity contribution is -0.123. The van der Waals surface area contributed by atoms with E-state index in [4.69, 9.17) is 10.1 Å². The van der Waals surface area contributed by atoms with Crippen LogP contribution in [0.2, 0.25) is 0 Å². The van der Waals surface area contributed by atoms with Crippen molar-refractivity contribution in [2.45, 2.75) is 45.8 Å². The second-order valence-electron chi connectivity index (χ2n) is 5.34. The van der Waals surface area contributed by atoms with Crippen molar-refractivity contribution in [2.24, 2.45) is 11.1 Å². The van der Waals surface area contributed by atoms with E-state index in [1.807, 2.05) is 19.9 Å². The molecule has 0 radical (unpaired) electrons. The van der Waals surface area contributed by atoms with Crippen molar-refractivity contribution in [2.75, 3.05) is 12.8 Å². The zero-order valence-corrected chi connectivity index (χ0v) is 15.5. The van der Waals surface area contributed by atoms with Crippen LogP contribution in [-0.2, 0) is 9.63 Å². The topological polar surface area (TPSA) is 82.8 Å². The molecule has 0 atom stereocenters. The molecular weight excluding hydrogens is 322 g/mol. The molecule has 0 unspecified atom stereocenters. The van der Waals surface area contributed by atoms with Crippen molar-refractivity contribution >= 4 is 40.6 Å². The summed E-state index contributed by atoms with van der Waals surface area (Å²) in [7, 11) is 1.54. The van der Waals surface area contributed by atoms with Crippen LogP contribution in [0.15, 0.2) is 5.16 Å². The number of oxime groups is 1. The predicted molar refractivity (Wildman–Crippen MR) is 91.6 cm³/mol. The van der Waals surface area contributed by atoms with Gasteiger partial charge in [-0.15, -0.1) is 11.8 Å². The zero-order chi connectivity index (χ0) is 17.3. The average Bonchev–Trinajstić information content (AvgIpc) is 2.43. The Morgan fingerprint density at radius 2 is 2.00 bits per heavy atom. The molecule has 1 amide bonds. The first-order chi connectivity index (χ1) is 10.1. The van der Waals surface area contributed by atoms with Gasteiger partial charge in [-0.3, -0.25) is 13.9 Å². The highest BCUT2D eigenvalue weighted by molar-refractivity contribution is 8.13. The van der Waals surface area contributed by atoms with Gasteiger partial charge in [-0.1, -0.05) is 19.0 Å². The summed E-state index contributed by atoms with van der Waals surface area (Å²) in [6, 6.07) is 2.02. The molecule has 8 heteroatoms. The minimum Gasteiger partial charge on any atom is -0.298 e. The Morgan fingerprint density at radius 1 is 1.41 bits per heavy atom. The Kier molecular flexibility index (Phi) is 9.21. The standard InChI is InChI=1S/C14H23N3O3S2/c1-10(2)12(18)14(4,5)22-17(6)13(19)20-16-11(3)21-9-7-8-15/h10H,7,9H2,1-6H3/b16-11+. The van der Waals surface area contributed by atoms with E-state index >= 15 is 0 Å². The van der Waals surface area contributed by atoms with Crippen molar-refractivity contribution < 1.29 is 14.4 Å². The minimum atomic E-state index is -0.720. The lowest BCUT2D eigenvalue weighted by Crippen LogP contribution is -2.36. The van der Waals surface area contributed by atoms with Crippen LogP contribution in [0.3, 0.4) is 0 Å². The van der Waals surface area contributed by atoms with Gasteiger partial charge in [-0.05, 0) is 32.7 Å². The SMILES string of the molecule is C/C(=N\OC(=O)N(C)SC(C)(C)C(=O)C(C)C)SCCC#N. The van der Waals surface area contributed by atoms with Crippen LogP contribution in [0.5, 0.6) is 0 Å². The first kappa shape index (κ1) is 20.8. The molecule has 0 aliphatic heterocycles. The van der Waals surface area contributed by atoms with Crippen LogP contribution < -0.4 is 0 Å².